The third kappa shape index (κ3) is 4.31. The van der Waals surface area contributed by atoms with E-state index in [1.807, 2.05) is 23.6 Å². The predicted molar refractivity (Wildman–Crippen MR) is 84.0 cm³/mol. The molecule has 1 aromatic heterocycles. The van der Waals surface area contributed by atoms with Gasteiger partial charge in [0.25, 0.3) is 0 Å². The van der Waals surface area contributed by atoms with E-state index >= 15 is 0 Å². The molecular formula is C15H13FN2OS2. The molecule has 108 valence electrons. The van der Waals surface area contributed by atoms with Gasteiger partial charge in [-0.05, 0) is 23.6 Å². The summed E-state index contributed by atoms with van der Waals surface area (Å²) in [4.78, 5) is 13.7. The number of nitriles is 1. The van der Waals surface area contributed by atoms with Gasteiger partial charge in [-0.1, -0.05) is 18.2 Å². The molecule has 0 N–H and O–H groups in total. The van der Waals surface area contributed by atoms with Gasteiger partial charge in [-0.3, -0.25) is 4.79 Å². The molecule has 3 nitrogen and oxygen atoms in total. The number of carbonyl (C=O) groups is 1. The highest BCUT2D eigenvalue weighted by Crippen LogP contribution is 2.25. The van der Waals surface area contributed by atoms with E-state index in [1.165, 1.54) is 22.7 Å². The van der Waals surface area contributed by atoms with Crippen molar-refractivity contribution in [3.8, 4) is 6.07 Å². The predicted octanol–water partition coefficient (Wildman–Crippen LogP) is 3.93. The molecule has 21 heavy (non-hydrogen) atoms. The summed E-state index contributed by atoms with van der Waals surface area (Å²) in [5, 5.41) is 10.6. The number of nitrogens with zero attached hydrogens (tertiary/aromatic N) is 2. The zero-order valence-electron chi connectivity index (χ0n) is 11.2. The van der Waals surface area contributed by atoms with Gasteiger partial charge in [-0.15, -0.1) is 23.1 Å². The summed E-state index contributed by atoms with van der Waals surface area (Å²) in [7, 11) is 0. The molecule has 0 aliphatic carbocycles. The van der Waals surface area contributed by atoms with Crippen LogP contribution in [-0.2, 0) is 4.79 Å². The summed E-state index contributed by atoms with van der Waals surface area (Å²) in [5.41, 5.74) is 0.226. The van der Waals surface area contributed by atoms with Crippen molar-refractivity contribution in [3.63, 3.8) is 0 Å². The van der Waals surface area contributed by atoms with Crippen LogP contribution in [0.5, 0.6) is 0 Å². The first-order valence-corrected chi connectivity index (χ1v) is 8.17. The standard InChI is InChI=1S/C15H13FN2OS2/c16-12-5-1-2-6-13(12)18(9-4-8-17)14(19)11-21-15-7-3-10-20-15/h1-3,5-7,10H,4,9,11H2. The van der Waals surface area contributed by atoms with E-state index in [-0.39, 0.29) is 30.3 Å². The minimum atomic E-state index is -0.454. The van der Waals surface area contributed by atoms with Crippen LogP contribution in [0.25, 0.3) is 0 Å². The van der Waals surface area contributed by atoms with Gasteiger partial charge in [0.2, 0.25) is 5.91 Å². The van der Waals surface area contributed by atoms with E-state index in [1.54, 1.807) is 29.5 Å². The van der Waals surface area contributed by atoms with Crippen molar-refractivity contribution in [2.75, 3.05) is 17.2 Å². The van der Waals surface area contributed by atoms with Crippen molar-refractivity contribution in [3.05, 3.63) is 47.6 Å². The number of hydrogen-bond acceptors (Lipinski definition) is 4. The molecule has 0 bridgehead atoms. The Kier molecular flexibility index (Phi) is 5.78. The van der Waals surface area contributed by atoms with Gasteiger partial charge in [-0.25, -0.2) is 4.39 Å². The number of halogens is 1. The zero-order chi connectivity index (χ0) is 15.1. The molecule has 0 aliphatic rings. The molecular weight excluding hydrogens is 307 g/mol. The Morgan fingerprint density at radius 2 is 2.14 bits per heavy atom. The number of rotatable bonds is 6. The molecule has 0 unspecified atom stereocenters. The number of thiophene rings is 1. The van der Waals surface area contributed by atoms with Crippen molar-refractivity contribution in [2.45, 2.75) is 10.6 Å². The molecule has 1 aromatic carbocycles. The molecule has 6 heteroatoms. The fourth-order valence-electron chi connectivity index (χ4n) is 1.77. The van der Waals surface area contributed by atoms with E-state index < -0.39 is 5.82 Å². The topological polar surface area (TPSA) is 44.1 Å². The maximum Gasteiger partial charge on any atom is 0.237 e. The summed E-state index contributed by atoms with van der Waals surface area (Å²) in [6.07, 6.45) is 0.170. The number of carbonyl (C=O) groups excluding carboxylic acids is 1. The Bertz CT molecular complexity index is 637. The molecule has 0 saturated carbocycles. The van der Waals surface area contributed by atoms with Gasteiger partial charge < -0.3 is 4.90 Å². The molecule has 2 rings (SSSR count). The quantitative estimate of drug-likeness (QED) is 0.758. The van der Waals surface area contributed by atoms with Crippen molar-refractivity contribution in [1.82, 2.24) is 0 Å². The smallest absolute Gasteiger partial charge is 0.237 e. The maximum atomic E-state index is 13.9. The normalized spacial score (nSPS) is 10.1. The number of benzene rings is 1. The number of hydrogen-bond donors (Lipinski definition) is 0. The van der Waals surface area contributed by atoms with Crippen LogP contribution in [0.3, 0.4) is 0 Å². The second-order valence-electron chi connectivity index (χ2n) is 4.13. The summed E-state index contributed by atoms with van der Waals surface area (Å²) in [5.74, 6) is -0.432. The minimum Gasteiger partial charge on any atom is -0.308 e. The Morgan fingerprint density at radius 1 is 1.33 bits per heavy atom. The average molecular weight is 320 g/mol. The van der Waals surface area contributed by atoms with Crippen molar-refractivity contribution >= 4 is 34.7 Å². The molecule has 0 spiro atoms. The average Bonchev–Trinajstić information content (AvgIpc) is 3.00. The minimum absolute atomic E-state index is 0.170. The van der Waals surface area contributed by atoms with Gasteiger partial charge in [0.1, 0.15) is 5.82 Å². The van der Waals surface area contributed by atoms with Gasteiger partial charge >= 0.3 is 0 Å². The number of thioether (sulfide) groups is 1. The van der Waals surface area contributed by atoms with E-state index in [2.05, 4.69) is 0 Å². The van der Waals surface area contributed by atoms with Crippen LogP contribution in [0.1, 0.15) is 6.42 Å². The fraction of sp³-hybridized carbons (Fsp3) is 0.200. The molecule has 1 heterocycles. The molecule has 0 fully saturated rings. The lowest BCUT2D eigenvalue weighted by atomic mass is 10.2. The van der Waals surface area contributed by atoms with Crippen molar-refractivity contribution in [2.24, 2.45) is 0 Å². The maximum absolute atomic E-state index is 13.9. The van der Waals surface area contributed by atoms with E-state index in [9.17, 15) is 9.18 Å². The molecule has 0 saturated heterocycles. The second-order valence-corrected chi connectivity index (χ2v) is 6.35. The fourth-order valence-corrected chi connectivity index (χ4v) is 3.43. The number of para-hydroxylation sites is 1. The van der Waals surface area contributed by atoms with Gasteiger partial charge in [-0.2, -0.15) is 5.26 Å². The van der Waals surface area contributed by atoms with Gasteiger partial charge in [0, 0.05) is 6.54 Å². The van der Waals surface area contributed by atoms with Crippen LogP contribution in [0, 0.1) is 17.1 Å². The van der Waals surface area contributed by atoms with Crippen LogP contribution < -0.4 is 4.90 Å². The van der Waals surface area contributed by atoms with Crippen LogP contribution in [0.4, 0.5) is 10.1 Å². The Labute approximate surface area is 131 Å². The molecule has 2 aromatic rings. The summed E-state index contributed by atoms with van der Waals surface area (Å²) in [6, 6.07) is 12.0. The van der Waals surface area contributed by atoms with Crippen LogP contribution in [0.2, 0.25) is 0 Å². The lowest BCUT2D eigenvalue weighted by molar-refractivity contribution is -0.116. The third-order valence-electron chi connectivity index (χ3n) is 2.72. The van der Waals surface area contributed by atoms with E-state index in [0.29, 0.717) is 0 Å². The Morgan fingerprint density at radius 3 is 2.81 bits per heavy atom. The number of anilines is 1. The second kappa shape index (κ2) is 7.81. The SMILES string of the molecule is N#CCCN(C(=O)CSc1cccs1)c1ccccc1F. The highest BCUT2D eigenvalue weighted by atomic mass is 32.2. The monoisotopic (exact) mass is 320 g/mol. The van der Waals surface area contributed by atoms with Crippen molar-refractivity contribution in [1.29, 1.82) is 5.26 Å². The first-order valence-electron chi connectivity index (χ1n) is 6.30. The Balaban J connectivity index is 2.10. The third-order valence-corrected chi connectivity index (χ3v) is 4.84. The van der Waals surface area contributed by atoms with E-state index in [0.717, 1.165) is 4.21 Å². The van der Waals surface area contributed by atoms with Crippen molar-refractivity contribution < 1.29 is 9.18 Å². The van der Waals surface area contributed by atoms with Gasteiger partial charge in [0.15, 0.2) is 0 Å². The highest BCUT2D eigenvalue weighted by Gasteiger charge is 2.18. The first-order chi connectivity index (χ1) is 10.2. The van der Waals surface area contributed by atoms with E-state index in [4.69, 9.17) is 5.26 Å². The molecule has 0 atom stereocenters. The van der Waals surface area contributed by atoms with Crippen LogP contribution >= 0.6 is 23.1 Å². The summed E-state index contributed by atoms with van der Waals surface area (Å²) < 4.78 is 14.9. The number of amides is 1. The summed E-state index contributed by atoms with van der Waals surface area (Å²) in [6.45, 7) is 0.196. The largest absolute Gasteiger partial charge is 0.308 e. The lowest BCUT2D eigenvalue weighted by Crippen LogP contribution is -2.33. The molecule has 0 aliphatic heterocycles. The first kappa shape index (κ1) is 15.5. The Hall–Kier alpha value is -1.84. The highest BCUT2D eigenvalue weighted by molar-refractivity contribution is 8.01. The summed E-state index contributed by atoms with van der Waals surface area (Å²) >= 11 is 2.98. The molecule has 0 radical (unpaired) electrons. The van der Waals surface area contributed by atoms with Crippen LogP contribution in [-0.4, -0.2) is 18.2 Å². The molecule has 1 amide bonds. The zero-order valence-corrected chi connectivity index (χ0v) is 12.8. The lowest BCUT2D eigenvalue weighted by Gasteiger charge is -2.22. The van der Waals surface area contributed by atoms with Crippen LogP contribution in [0.15, 0.2) is 46.0 Å². The van der Waals surface area contributed by atoms with Gasteiger partial charge in [0.05, 0.1) is 28.1 Å².